The van der Waals surface area contributed by atoms with Crippen molar-refractivity contribution in [1.29, 1.82) is 0 Å². The van der Waals surface area contributed by atoms with Gasteiger partial charge in [0.1, 0.15) is 17.0 Å². The van der Waals surface area contributed by atoms with Gasteiger partial charge in [0.05, 0.1) is 30.6 Å². The number of rotatable bonds is 3. The van der Waals surface area contributed by atoms with E-state index in [1.807, 2.05) is 12.1 Å². The molecule has 5 rings (SSSR count). The van der Waals surface area contributed by atoms with E-state index in [4.69, 9.17) is 24.4 Å². The molecule has 8 nitrogen and oxygen atoms in total. The molecule has 1 saturated heterocycles. The highest BCUT2D eigenvalue weighted by Gasteiger charge is 2.37. The molecule has 1 fully saturated rings. The molecule has 0 radical (unpaired) electrons. The predicted octanol–water partition coefficient (Wildman–Crippen LogP) is 3.41. The molecule has 2 aliphatic rings. The van der Waals surface area contributed by atoms with Gasteiger partial charge in [0.15, 0.2) is 5.79 Å². The van der Waals surface area contributed by atoms with Crippen LogP contribution in [0.4, 0.5) is 5.82 Å². The van der Waals surface area contributed by atoms with Crippen molar-refractivity contribution in [2.75, 3.05) is 25.6 Å². The van der Waals surface area contributed by atoms with Crippen molar-refractivity contribution in [1.82, 2.24) is 4.98 Å². The topological polar surface area (TPSA) is 114 Å². The van der Waals surface area contributed by atoms with Crippen molar-refractivity contribution < 1.29 is 23.4 Å². The van der Waals surface area contributed by atoms with Crippen LogP contribution < -0.4 is 11.2 Å². The summed E-state index contributed by atoms with van der Waals surface area (Å²) in [6.07, 6.45) is 4.35. The molecule has 1 aliphatic heterocycles. The van der Waals surface area contributed by atoms with E-state index in [1.54, 1.807) is 13.0 Å². The molecule has 0 saturated carbocycles. The molecule has 0 bridgehead atoms. The number of anilines is 1. The summed E-state index contributed by atoms with van der Waals surface area (Å²) in [5, 5.41) is 0.604. The number of aromatic nitrogens is 1. The average Bonchev–Trinajstić information content (AvgIpc) is 3.22. The van der Waals surface area contributed by atoms with E-state index in [0.717, 1.165) is 24.0 Å². The van der Waals surface area contributed by atoms with Gasteiger partial charge in [0.25, 0.3) is 0 Å². The highest BCUT2D eigenvalue weighted by Crippen LogP contribution is 2.38. The molecule has 31 heavy (non-hydrogen) atoms. The molecule has 0 unspecified atom stereocenters. The first-order chi connectivity index (χ1) is 15.0. The summed E-state index contributed by atoms with van der Waals surface area (Å²) in [5.74, 6) is -1.16. The molecule has 1 spiro atoms. The third kappa shape index (κ3) is 3.37. The number of hydrogen-bond donors (Lipinski definition) is 1. The number of carbonyl (C=O) groups excluding carboxylic acids is 1. The summed E-state index contributed by atoms with van der Waals surface area (Å²) < 4.78 is 22.4. The molecular formula is C23H22N2O6. The lowest BCUT2D eigenvalue weighted by Crippen LogP contribution is -2.31. The maximum atomic E-state index is 13.2. The van der Waals surface area contributed by atoms with Crippen LogP contribution in [0.15, 0.2) is 39.6 Å². The number of ether oxygens (including phenoxy) is 3. The molecule has 1 aromatic carbocycles. The fourth-order valence-corrected chi connectivity index (χ4v) is 4.20. The Bertz CT molecular complexity index is 1290. The Kier molecular flexibility index (Phi) is 4.75. The van der Waals surface area contributed by atoms with Crippen LogP contribution in [0.3, 0.4) is 0 Å². The predicted molar refractivity (Wildman–Crippen MR) is 115 cm³/mol. The molecule has 3 heterocycles. The summed E-state index contributed by atoms with van der Waals surface area (Å²) in [4.78, 5) is 29.5. The highest BCUT2D eigenvalue weighted by atomic mass is 16.7. The van der Waals surface area contributed by atoms with Crippen molar-refractivity contribution >= 4 is 39.4 Å². The zero-order chi connectivity index (χ0) is 21.6. The van der Waals surface area contributed by atoms with Gasteiger partial charge in [0.2, 0.25) is 11.1 Å². The van der Waals surface area contributed by atoms with E-state index in [-0.39, 0.29) is 34.5 Å². The molecule has 2 aromatic heterocycles. The third-order valence-electron chi connectivity index (χ3n) is 5.81. The first-order valence-electron chi connectivity index (χ1n) is 10.3. The largest absolute Gasteiger partial charge is 0.462 e. The number of benzene rings is 1. The monoisotopic (exact) mass is 422 g/mol. The molecule has 2 N–H and O–H groups in total. The second kappa shape index (κ2) is 7.47. The van der Waals surface area contributed by atoms with Crippen LogP contribution >= 0.6 is 0 Å². The molecular weight excluding hydrogens is 400 g/mol. The van der Waals surface area contributed by atoms with E-state index in [9.17, 15) is 9.59 Å². The summed E-state index contributed by atoms with van der Waals surface area (Å²) in [6.45, 7) is 3.14. The van der Waals surface area contributed by atoms with Crippen LogP contribution in [0.5, 0.6) is 0 Å². The van der Waals surface area contributed by atoms with E-state index < -0.39 is 11.8 Å². The molecule has 160 valence electrons. The summed E-state index contributed by atoms with van der Waals surface area (Å²) in [6, 6.07) is 6.90. The molecule has 0 amide bonds. The second-order valence-corrected chi connectivity index (χ2v) is 7.68. The van der Waals surface area contributed by atoms with E-state index in [0.29, 0.717) is 30.6 Å². The standard InChI is InChI=1S/C23H22N2O6/c1-2-28-22(27)17-12-16-19(26)15-11-14(3-4-18(15)31-21(16)25-20(17)24)13-5-7-23(8-6-13)29-9-10-30-23/h3-5,11-12H,2,6-10H2,1H3,(H2,24,25). The van der Waals surface area contributed by atoms with Gasteiger partial charge < -0.3 is 24.4 Å². The number of pyridine rings is 1. The molecule has 8 heteroatoms. The van der Waals surface area contributed by atoms with E-state index in [1.165, 1.54) is 6.07 Å². The third-order valence-corrected chi connectivity index (χ3v) is 5.81. The Morgan fingerprint density at radius 3 is 2.74 bits per heavy atom. The van der Waals surface area contributed by atoms with Gasteiger partial charge in [-0.15, -0.1) is 0 Å². The Morgan fingerprint density at radius 2 is 2.03 bits per heavy atom. The Morgan fingerprint density at radius 1 is 1.23 bits per heavy atom. The molecule has 0 atom stereocenters. The molecule has 1 aliphatic carbocycles. The van der Waals surface area contributed by atoms with E-state index in [2.05, 4.69) is 11.1 Å². The van der Waals surface area contributed by atoms with Crippen LogP contribution in [0.1, 0.15) is 42.1 Å². The smallest absolute Gasteiger partial charge is 0.341 e. The van der Waals surface area contributed by atoms with E-state index >= 15 is 0 Å². The summed E-state index contributed by atoms with van der Waals surface area (Å²) >= 11 is 0. The summed E-state index contributed by atoms with van der Waals surface area (Å²) in [7, 11) is 0. The van der Waals surface area contributed by atoms with Crippen molar-refractivity contribution in [2.45, 2.75) is 32.0 Å². The number of nitrogens with zero attached hydrogens (tertiary/aromatic N) is 1. The van der Waals surface area contributed by atoms with Crippen molar-refractivity contribution in [2.24, 2.45) is 0 Å². The van der Waals surface area contributed by atoms with Gasteiger partial charge in [-0.25, -0.2) is 4.79 Å². The minimum absolute atomic E-state index is 0.0392. The number of fused-ring (bicyclic) bond motifs is 2. The molecule has 3 aromatic rings. The first kappa shape index (κ1) is 19.7. The quantitative estimate of drug-likeness (QED) is 0.505. The maximum Gasteiger partial charge on any atom is 0.341 e. The Balaban J connectivity index is 1.58. The van der Waals surface area contributed by atoms with Crippen LogP contribution in [-0.4, -0.2) is 36.6 Å². The highest BCUT2D eigenvalue weighted by molar-refractivity contribution is 5.99. The van der Waals surface area contributed by atoms with Gasteiger partial charge in [-0.05, 0) is 42.7 Å². The van der Waals surface area contributed by atoms with Crippen LogP contribution in [0.2, 0.25) is 0 Å². The van der Waals surface area contributed by atoms with Crippen LogP contribution in [0.25, 0.3) is 27.6 Å². The number of carbonyl (C=O) groups is 1. The Labute approximate surface area is 177 Å². The van der Waals surface area contributed by atoms with Gasteiger partial charge in [0, 0.05) is 12.8 Å². The first-order valence-corrected chi connectivity index (χ1v) is 10.3. The van der Waals surface area contributed by atoms with Gasteiger partial charge >= 0.3 is 5.97 Å². The number of allylic oxidation sites excluding steroid dienone is 1. The minimum atomic E-state index is -0.625. The second-order valence-electron chi connectivity index (χ2n) is 7.68. The number of nitrogens with two attached hydrogens (primary N) is 1. The van der Waals surface area contributed by atoms with Crippen molar-refractivity contribution in [3.8, 4) is 0 Å². The van der Waals surface area contributed by atoms with Gasteiger partial charge in [-0.3, -0.25) is 4.79 Å². The fraction of sp³-hybridized carbons (Fsp3) is 0.348. The summed E-state index contributed by atoms with van der Waals surface area (Å²) in [5.41, 5.74) is 8.24. The number of esters is 1. The Hall–Kier alpha value is -3.23. The fourth-order valence-electron chi connectivity index (χ4n) is 4.20. The van der Waals surface area contributed by atoms with Crippen LogP contribution in [-0.2, 0) is 14.2 Å². The number of hydrogen-bond acceptors (Lipinski definition) is 8. The van der Waals surface area contributed by atoms with Crippen LogP contribution in [0, 0.1) is 0 Å². The minimum Gasteiger partial charge on any atom is -0.462 e. The average molecular weight is 422 g/mol. The lowest BCUT2D eigenvalue weighted by atomic mass is 9.89. The number of nitrogen functional groups attached to an aromatic ring is 1. The SMILES string of the molecule is CCOC(=O)c1cc2c(=O)c3cc(C4=CCC5(CC4)OCCO5)ccc3oc2nc1N. The lowest BCUT2D eigenvalue weighted by Gasteiger charge is -2.30. The lowest BCUT2D eigenvalue weighted by molar-refractivity contribution is -0.159. The zero-order valence-corrected chi connectivity index (χ0v) is 17.1. The van der Waals surface area contributed by atoms with Gasteiger partial charge in [-0.1, -0.05) is 12.1 Å². The van der Waals surface area contributed by atoms with Gasteiger partial charge in [-0.2, -0.15) is 4.98 Å². The van der Waals surface area contributed by atoms with Crippen molar-refractivity contribution in [3.05, 3.63) is 51.7 Å². The normalized spacial score (nSPS) is 17.9. The van der Waals surface area contributed by atoms with Crippen molar-refractivity contribution in [3.63, 3.8) is 0 Å². The maximum absolute atomic E-state index is 13.2. The zero-order valence-electron chi connectivity index (χ0n) is 17.1.